The first-order valence-corrected chi connectivity index (χ1v) is 14.3. The van der Waals surface area contributed by atoms with Gasteiger partial charge in [-0.05, 0) is 47.7 Å². The summed E-state index contributed by atoms with van der Waals surface area (Å²) >= 11 is 0. The van der Waals surface area contributed by atoms with E-state index in [-0.39, 0.29) is 35.9 Å². The standard InChI is InChI=1S/C31H45N3O6/c1-21(22(2)31(32)35)19-39-28-17-33-18-29(30(28)24-7-9-25(37-4)10-8-24)40-20-23-6-11-27-26(16-23)34(13-15-38-27)12-5-14-36-3/h6-11,16,21-22,28-30,33H,5,12-15,17-20H2,1-4H3,(H2,32,35)/t21-,22?,28+,29-,30+/m0/s1. The topological polar surface area (TPSA) is 105 Å². The first kappa shape index (κ1) is 30.1. The van der Waals surface area contributed by atoms with E-state index in [0.29, 0.717) is 32.9 Å². The van der Waals surface area contributed by atoms with Crippen molar-refractivity contribution in [1.82, 2.24) is 5.32 Å². The summed E-state index contributed by atoms with van der Waals surface area (Å²) in [6.07, 6.45) is 0.732. The van der Waals surface area contributed by atoms with Gasteiger partial charge in [0.25, 0.3) is 0 Å². The minimum atomic E-state index is -0.307. The lowest BCUT2D eigenvalue weighted by molar-refractivity contribution is -0.124. The largest absolute Gasteiger partial charge is 0.497 e. The third-order valence-corrected chi connectivity index (χ3v) is 8.09. The van der Waals surface area contributed by atoms with Gasteiger partial charge in [-0.15, -0.1) is 0 Å². The van der Waals surface area contributed by atoms with Crippen LogP contribution in [0.2, 0.25) is 0 Å². The molecule has 40 heavy (non-hydrogen) atoms. The van der Waals surface area contributed by atoms with Crippen LogP contribution in [-0.4, -0.2) is 78.3 Å². The quantitative estimate of drug-likeness (QED) is 0.342. The average molecular weight is 556 g/mol. The first-order valence-electron chi connectivity index (χ1n) is 14.3. The summed E-state index contributed by atoms with van der Waals surface area (Å²) in [6, 6.07) is 14.4. The molecule has 1 unspecified atom stereocenters. The second kappa shape index (κ2) is 14.7. The fourth-order valence-electron chi connectivity index (χ4n) is 5.39. The van der Waals surface area contributed by atoms with Gasteiger partial charge in [0.1, 0.15) is 18.1 Å². The monoisotopic (exact) mass is 555 g/mol. The molecule has 0 spiro atoms. The number of hydrogen-bond acceptors (Lipinski definition) is 8. The lowest BCUT2D eigenvalue weighted by Gasteiger charge is -2.39. The Kier molecular flexibility index (Phi) is 11.1. The van der Waals surface area contributed by atoms with Gasteiger partial charge in [-0.25, -0.2) is 0 Å². The Bertz CT molecular complexity index is 1080. The van der Waals surface area contributed by atoms with Crippen LogP contribution in [0.5, 0.6) is 11.5 Å². The number of benzene rings is 2. The maximum Gasteiger partial charge on any atom is 0.220 e. The molecular weight excluding hydrogens is 510 g/mol. The SMILES string of the molecule is COCCCN1CCOc2ccc(CO[C@H]3CNC[C@@H](OC[C@H](C)C(C)C(N)=O)[C@H]3c3ccc(OC)cc3)cc21. The van der Waals surface area contributed by atoms with Gasteiger partial charge in [0, 0.05) is 45.2 Å². The number of hydrogen-bond donors (Lipinski definition) is 2. The molecule has 1 fully saturated rings. The minimum absolute atomic E-state index is 0.00902. The van der Waals surface area contributed by atoms with Crippen molar-refractivity contribution >= 4 is 11.6 Å². The number of ether oxygens (including phenoxy) is 5. The van der Waals surface area contributed by atoms with E-state index >= 15 is 0 Å². The van der Waals surface area contributed by atoms with Crippen molar-refractivity contribution in [2.75, 3.05) is 65.1 Å². The van der Waals surface area contributed by atoms with Crippen LogP contribution in [0.25, 0.3) is 0 Å². The molecule has 4 rings (SSSR count). The van der Waals surface area contributed by atoms with E-state index in [1.165, 1.54) is 0 Å². The molecule has 0 radical (unpaired) electrons. The lowest BCUT2D eigenvalue weighted by atomic mass is 9.85. The van der Waals surface area contributed by atoms with Gasteiger partial charge in [0.05, 0.1) is 44.8 Å². The molecule has 2 aromatic rings. The molecule has 1 saturated heterocycles. The summed E-state index contributed by atoms with van der Waals surface area (Å²) in [6.45, 7) is 9.38. The van der Waals surface area contributed by atoms with Crippen molar-refractivity contribution in [3.05, 3.63) is 53.6 Å². The van der Waals surface area contributed by atoms with Gasteiger partial charge in [0.2, 0.25) is 5.91 Å². The van der Waals surface area contributed by atoms with E-state index in [9.17, 15) is 4.79 Å². The van der Waals surface area contributed by atoms with Crippen LogP contribution in [0, 0.1) is 11.8 Å². The molecule has 9 nitrogen and oxygen atoms in total. The van der Waals surface area contributed by atoms with E-state index in [0.717, 1.165) is 54.4 Å². The highest BCUT2D eigenvalue weighted by Gasteiger charge is 2.37. The number of anilines is 1. The van der Waals surface area contributed by atoms with Crippen molar-refractivity contribution in [2.45, 2.75) is 45.0 Å². The number of carbonyl (C=O) groups is 1. The predicted octanol–water partition coefficient (Wildman–Crippen LogP) is 3.35. The molecule has 2 aromatic carbocycles. The van der Waals surface area contributed by atoms with Crippen LogP contribution in [0.3, 0.4) is 0 Å². The molecule has 5 atom stereocenters. The number of amides is 1. The molecule has 1 amide bonds. The number of fused-ring (bicyclic) bond motifs is 1. The highest BCUT2D eigenvalue weighted by molar-refractivity contribution is 5.76. The Hall–Kier alpha value is -2.85. The van der Waals surface area contributed by atoms with Crippen molar-refractivity contribution < 1.29 is 28.5 Å². The zero-order valence-corrected chi connectivity index (χ0v) is 24.3. The van der Waals surface area contributed by atoms with E-state index in [2.05, 4.69) is 34.5 Å². The van der Waals surface area contributed by atoms with Gasteiger partial charge >= 0.3 is 0 Å². The van der Waals surface area contributed by atoms with Gasteiger partial charge in [0.15, 0.2) is 0 Å². The van der Waals surface area contributed by atoms with E-state index < -0.39 is 0 Å². The van der Waals surface area contributed by atoms with Crippen LogP contribution >= 0.6 is 0 Å². The van der Waals surface area contributed by atoms with Crippen molar-refractivity contribution in [1.29, 1.82) is 0 Å². The Morgan fingerprint density at radius 3 is 2.55 bits per heavy atom. The van der Waals surface area contributed by atoms with Crippen molar-refractivity contribution in [3.8, 4) is 11.5 Å². The Balaban J connectivity index is 1.48. The number of carbonyl (C=O) groups excluding carboxylic acids is 1. The molecule has 3 N–H and O–H groups in total. The molecule has 0 aromatic heterocycles. The molecule has 0 aliphatic carbocycles. The fourth-order valence-corrected chi connectivity index (χ4v) is 5.39. The molecule has 2 aliphatic heterocycles. The number of primary amides is 1. The van der Waals surface area contributed by atoms with Gasteiger partial charge in [-0.2, -0.15) is 0 Å². The van der Waals surface area contributed by atoms with E-state index in [1.54, 1.807) is 14.2 Å². The third kappa shape index (κ3) is 7.66. The molecule has 0 saturated carbocycles. The fraction of sp³-hybridized carbons (Fsp3) is 0.581. The van der Waals surface area contributed by atoms with Crippen LogP contribution < -0.4 is 25.4 Å². The average Bonchev–Trinajstić information content (AvgIpc) is 2.98. The molecule has 0 bridgehead atoms. The highest BCUT2D eigenvalue weighted by atomic mass is 16.5. The minimum Gasteiger partial charge on any atom is -0.497 e. The maximum atomic E-state index is 11.7. The van der Waals surface area contributed by atoms with Crippen LogP contribution in [0.15, 0.2) is 42.5 Å². The second-order valence-electron chi connectivity index (χ2n) is 10.8. The van der Waals surface area contributed by atoms with Gasteiger partial charge in [-0.1, -0.05) is 32.0 Å². The normalized spacial score (nSPS) is 22.2. The summed E-state index contributed by atoms with van der Waals surface area (Å²) < 4.78 is 29.6. The smallest absolute Gasteiger partial charge is 0.220 e. The number of nitrogens with two attached hydrogens (primary N) is 1. The van der Waals surface area contributed by atoms with Crippen molar-refractivity contribution in [3.63, 3.8) is 0 Å². The Morgan fingerprint density at radius 1 is 1.10 bits per heavy atom. The first-order chi connectivity index (χ1) is 19.4. The number of rotatable bonds is 14. The summed E-state index contributed by atoms with van der Waals surface area (Å²) in [4.78, 5) is 14.1. The summed E-state index contributed by atoms with van der Waals surface area (Å²) in [5.74, 6) is 1.18. The molecule has 2 heterocycles. The summed E-state index contributed by atoms with van der Waals surface area (Å²) in [5.41, 5.74) is 8.88. The van der Waals surface area contributed by atoms with E-state index in [4.69, 9.17) is 29.4 Å². The molecule has 9 heteroatoms. The third-order valence-electron chi connectivity index (χ3n) is 8.09. The zero-order valence-electron chi connectivity index (χ0n) is 24.3. The van der Waals surface area contributed by atoms with E-state index in [1.807, 2.05) is 32.0 Å². The van der Waals surface area contributed by atoms with Crippen LogP contribution in [-0.2, 0) is 25.6 Å². The second-order valence-corrected chi connectivity index (χ2v) is 10.8. The highest BCUT2D eigenvalue weighted by Crippen LogP contribution is 2.35. The number of methoxy groups -OCH3 is 2. The number of nitrogens with zero attached hydrogens (tertiary/aromatic N) is 1. The summed E-state index contributed by atoms with van der Waals surface area (Å²) in [7, 11) is 3.40. The van der Waals surface area contributed by atoms with Crippen LogP contribution in [0.1, 0.15) is 37.3 Å². The molecule has 2 aliphatic rings. The summed E-state index contributed by atoms with van der Waals surface area (Å²) in [5, 5.41) is 3.50. The molecule has 220 valence electrons. The molecular formula is C31H45N3O6. The number of piperidine rings is 1. The number of nitrogens with one attached hydrogen (secondary N) is 1. The van der Waals surface area contributed by atoms with Gasteiger partial charge in [-0.3, -0.25) is 4.79 Å². The Labute approximate surface area is 238 Å². The zero-order chi connectivity index (χ0) is 28.5. The predicted molar refractivity (Wildman–Crippen MR) is 155 cm³/mol. The lowest BCUT2D eigenvalue weighted by Crippen LogP contribution is -2.51. The van der Waals surface area contributed by atoms with Gasteiger partial charge < -0.3 is 39.6 Å². The van der Waals surface area contributed by atoms with Crippen LogP contribution in [0.4, 0.5) is 5.69 Å². The maximum absolute atomic E-state index is 11.7. The Morgan fingerprint density at radius 2 is 1.85 bits per heavy atom. The van der Waals surface area contributed by atoms with Crippen molar-refractivity contribution in [2.24, 2.45) is 17.6 Å².